The summed E-state index contributed by atoms with van der Waals surface area (Å²) in [6.07, 6.45) is 0. The molecule has 0 aliphatic rings. The van der Waals surface area contributed by atoms with Crippen molar-refractivity contribution in [2.45, 2.75) is 16.5 Å². The van der Waals surface area contributed by atoms with E-state index in [2.05, 4.69) is 16.4 Å². The summed E-state index contributed by atoms with van der Waals surface area (Å²) in [4.78, 5) is 16.9. The number of para-hydroxylation sites is 1. The summed E-state index contributed by atoms with van der Waals surface area (Å²) in [6.45, 7) is 1.79. The second-order valence-electron chi connectivity index (χ2n) is 5.41. The Balaban J connectivity index is 1.66. The second kappa shape index (κ2) is 8.13. The van der Waals surface area contributed by atoms with Crippen molar-refractivity contribution < 1.29 is 9.18 Å². The zero-order chi connectivity index (χ0) is 18.5. The van der Waals surface area contributed by atoms with Gasteiger partial charge in [0.2, 0.25) is 5.91 Å². The topological polar surface area (TPSA) is 65.8 Å². The maximum Gasteiger partial charge on any atom is 0.237 e. The Morgan fingerprint density at radius 2 is 2.00 bits per heavy atom. The largest absolute Gasteiger partial charge is 0.324 e. The van der Waals surface area contributed by atoms with Gasteiger partial charge in [-0.15, -0.1) is 11.3 Å². The molecule has 0 spiro atoms. The van der Waals surface area contributed by atoms with Crippen molar-refractivity contribution in [2.75, 3.05) is 5.32 Å². The van der Waals surface area contributed by atoms with Crippen LogP contribution in [0, 0.1) is 17.1 Å². The molecule has 1 heterocycles. The Kier molecular flexibility index (Phi) is 5.66. The number of nitrogens with zero attached hydrogens (tertiary/aromatic N) is 2. The first kappa shape index (κ1) is 18.1. The van der Waals surface area contributed by atoms with Gasteiger partial charge >= 0.3 is 0 Å². The third-order valence-electron chi connectivity index (χ3n) is 3.58. The van der Waals surface area contributed by atoms with E-state index >= 15 is 0 Å². The fourth-order valence-corrected chi connectivity index (χ4v) is 4.16. The molecule has 4 nitrogen and oxygen atoms in total. The van der Waals surface area contributed by atoms with E-state index in [0.717, 1.165) is 15.6 Å². The van der Waals surface area contributed by atoms with Gasteiger partial charge < -0.3 is 5.32 Å². The van der Waals surface area contributed by atoms with Crippen molar-refractivity contribution in [3.05, 3.63) is 65.3 Å². The monoisotopic (exact) mass is 383 g/mol. The summed E-state index contributed by atoms with van der Waals surface area (Å²) < 4.78 is 13.8. The van der Waals surface area contributed by atoms with Crippen LogP contribution < -0.4 is 5.32 Å². The maximum absolute atomic E-state index is 13.0. The number of rotatable bonds is 5. The van der Waals surface area contributed by atoms with Crippen molar-refractivity contribution in [2.24, 2.45) is 0 Å². The molecule has 26 heavy (non-hydrogen) atoms. The molecule has 3 aromatic rings. The van der Waals surface area contributed by atoms with E-state index in [9.17, 15) is 9.18 Å². The van der Waals surface area contributed by atoms with Crippen LogP contribution in [-0.4, -0.2) is 16.1 Å². The van der Waals surface area contributed by atoms with E-state index in [0.29, 0.717) is 11.3 Å². The molecule has 0 saturated carbocycles. The summed E-state index contributed by atoms with van der Waals surface area (Å²) in [5, 5.41) is 13.4. The summed E-state index contributed by atoms with van der Waals surface area (Å²) in [5.74, 6) is -0.488. The van der Waals surface area contributed by atoms with Crippen LogP contribution in [0.25, 0.3) is 11.3 Å². The van der Waals surface area contributed by atoms with E-state index in [1.807, 2.05) is 5.38 Å². The molecule has 0 saturated heterocycles. The second-order valence-corrected chi connectivity index (χ2v) is 7.86. The smallest absolute Gasteiger partial charge is 0.237 e. The fraction of sp³-hybridized carbons (Fsp3) is 0.105. The first-order chi connectivity index (χ1) is 12.6. The lowest BCUT2D eigenvalue weighted by atomic mass is 10.2. The first-order valence-electron chi connectivity index (χ1n) is 7.75. The van der Waals surface area contributed by atoms with Crippen molar-refractivity contribution in [3.63, 3.8) is 0 Å². The quantitative estimate of drug-likeness (QED) is 0.634. The molecule has 7 heteroatoms. The molecule has 0 fully saturated rings. The normalized spacial score (nSPS) is 11.6. The van der Waals surface area contributed by atoms with Gasteiger partial charge in [0, 0.05) is 10.9 Å². The Morgan fingerprint density at radius 3 is 2.73 bits per heavy atom. The standard InChI is InChI=1S/C19H14FN3OS2/c1-12(18(24)22-16-5-3-2-4-14(16)10-21)26-19-23-17(11-25-19)13-6-8-15(20)9-7-13/h2-9,11-12H,1H3,(H,22,24)/t12-/m0/s1. The Hall–Kier alpha value is -2.69. The van der Waals surface area contributed by atoms with Gasteiger partial charge in [-0.1, -0.05) is 23.9 Å². The molecule has 0 bridgehead atoms. The lowest BCUT2D eigenvalue weighted by Gasteiger charge is -2.11. The number of aromatic nitrogens is 1. The van der Waals surface area contributed by atoms with E-state index in [1.54, 1.807) is 43.3 Å². The average Bonchev–Trinajstić information content (AvgIpc) is 3.11. The molecule has 1 amide bonds. The molecule has 1 atom stereocenters. The van der Waals surface area contributed by atoms with Crippen LogP contribution in [0.1, 0.15) is 12.5 Å². The van der Waals surface area contributed by atoms with Gasteiger partial charge in [0.1, 0.15) is 11.9 Å². The Morgan fingerprint density at radius 1 is 1.27 bits per heavy atom. The van der Waals surface area contributed by atoms with Gasteiger partial charge in [-0.2, -0.15) is 5.26 Å². The van der Waals surface area contributed by atoms with Crippen LogP contribution in [0.4, 0.5) is 10.1 Å². The minimum atomic E-state index is -0.381. The number of carbonyl (C=O) groups excluding carboxylic acids is 1. The number of carbonyl (C=O) groups is 1. The zero-order valence-electron chi connectivity index (χ0n) is 13.8. The predicted octanol–water partition coefficient (Wildman–Crippen LogP) is 4.94. The third kappa shape index (κ3) is 4.28. The number of halogens is 1. The minimum Gasteiger partial charge on any atom is -0.324 e. The molecule has 0 unspecified atom stereocenters. The van der Waals surface area contributed by atoms with Crippen molar-refractivity contribution in [3.8, 4) is 17.3 Å². The number of nitriles is 1. The molecular weight excluding hydrogens is 369 g/mol. The molecule has 1 N–H and O–H groups in total. The molecule has 0 aliphatic carbocycles. The SMILES string of the molecule is C[C@H](Sc1nc(-c2ccc(F)cc2)cs1)C(=O)Nc1ccccc1C#N. The molecule has 0 radical (unpaired) electrons. The molecule has 1 aromatic heterocycles. The van der Waals surface area contributed by atoms with E-state index in [-0.39, 0.29) is 17.0 Å². The third-order valence-corrected chi connectivity index (χ3v) is 5.65. The number of nitrogens with one attached hydrogen (secondary N) is 1. The highest BCUT2D eigenvalue weighted by molar-refractivity contribution is 8.02. The Labute approximate surface area is 158 Å². The summed E-state index contributed by atoms with van der Waals surface area (Å²) >= 11 is 2.78. The molecule has 130 valence electrons. The van der Waals surface area contributed by atoms with Crippen LogP contribution in [0.2, 0.25) is 0 Å². The first-order valence-corrected chi connectivity index (χ1v) is 9.51. The maximum atomic E-state index is 13.0. The van der Waals surface area contributed by atoms with Gasteiger partial charge in [-0.05, 0) is 43.3 Å². The van der Waals surface area contributed by atoms with Crippen molar-refractivity contribution in [1.82, 2.24) is 4.98 Å². The highest BCUT2D eigenvalue weighted by Gasteiger charge is 2.18. The van der Waals surface area contributed by atoms with E-state index < -0.39 is 0 Å². The van der Waals surface area contributed by atoms with Crippen LogP contribution >= 0.6 is 23.1 Å². The molecule has 0 aliphatic heterocycles. The Bertz CT molecular complexity index is 963. The van der Waals surface area contributed by atoms with Crippen LogP contribution in [0.3, 0.4) is 0 Å². The molecule has 2 aromatic carbocycles. The van der Waals surface area contributed by atoms with Crippen LogP contribution in [0.5, 0.6) is 0 Å². The lowest BCUT2D eigenvalue weighted by molar-refractivity contribution is -0.115. The number of amides is 1. The van der Waals surface area contributed by atoms with Crippen molar-refractivity contribution >= 4 is 34.7 Å². The van der Waals surface area contributed by atoms with Crippen molar-refractivity contribution in [1.29, 1.82) is 5.26 Å². The summed E-state index contributed by atoms with van der Waals surface area (Å²) in [6, 6.07) is 15.1. The number of thiazole rings is 1. The predicted molar refractivity (Wildman–Crippen MR) is 103 cm³/mol. The van der Waals surface area contributed by atoms with Gasteiger partial charge in [-0.25, -0.2) is 9.37 Å². The number of thioether (sulfide) groups is 1. The van der Waals surface area contributed by atoms with Gasteiger partial charge in [0.05, 0.1) is 22.2 Å². The van der Waals surface area contributed by atoms with E-state index in [4.69, 9.17) is 5.26 Å². The highest BCUT2D eigenvalue weighted by Crippen LogP contribution is 2.31. The van der Waals surface area contributed by atoms with Gasteiger partial charge in [0.15, 0.2) is 4.34 Å². The number of anilines is 1. The van der Waals surface area contributed by atoms with Gasteiger partial charge in [0.25, 0.3) is 0 Å². The number of hydrogen-bond acceptors (Lipinski definition) is 5. The van der Waals surface area contributed by atoms with Crippen LogP contribution in [0.15, 0.2) is 58.3 Å². The molecule has 3 rings (SSSR count). The minimum absolute atomic E-state index is 0.198. The number of benzene rings is 2. The lowest BCUT2D eigenvalue weighted by Crippen LogP contribution is -2.22. The van der Waals surface area contributed by atoms with E-state index in [1.165, 1.54) is 35.2 Å². The number of hydrogen-bond donors (Lipinski definition) is 1. The summed E-state index contributed by atoms with van der Waals surface area (Å²) in [7, 11) is 0. The average molecular weight is 383 g/mol. The highest BCUT2D eigenvalue weighted by atomic mass is 32.2. The zero-order valence-corrected chi connectivity index (χ0v) is 15.4. The van der Waals surface area contributed by atoms with Crippen LogP contribution in [-0.2, 0) is 4.79 Å². The summed E-state index contributed by atoms with van der Waals surface area (Å²) in [5.41, 5.74) is 2.50. The van der Waals surface area contributed by atoms with Gasteiger partial charge in [-0.3, -0.25) is 4.79 Å². The fourth-order valence-electron chi connectivity index (χ4n) is 2.19. The molecular formula is C19H14FN3OS2.